The smallest absolute Gasteiger partial charge is 0.270 e. The van der Waals surface area contributed by atoms with Crippen LogP contribution in [0.2, 0.25) is 0 Å². The van der Waals surface area contributed by atoms with Gasteiger partial charge in [0, 0.05) is 35.7 Å². The second-order valence-electron chi connectivity index (χ2n) is 5.92. The molecule has 28 heavy (non-hydrogen) atoms. The molecule has 0 amide bonds. The average molecular weight is 418 g/mol. The molecule has 2 aromatic carbocycles. The highest BCUT2D eigenvalue weighted by atomic mass is 32.2. The molecule has 0 spiro atoms. The third-order valence-electron chi connectivity index (χ3n) is 4.12. The van der Waals surface area contributed by atoms with E-state index in [0.29, 0.717) is 11.3 Å². The van der Waals surface area contributed by atoms with E-state index in [1.54, 1.807) is 24.3 Å². The van der Waals surface area contributed by atoms with Crippen LogP contribution in [-0.2, 0) is 23.1 Å². The summed E-state index contributed by atoms with van der Waals surface area (Å²) in [7, 11) is -2.45. The Morgan fingerprint density at radius 2 is 1.86 bits per heavy atom. The molecule has 1 heterocycles. The molecule has 3 rings (SSSR count). The van der Waals surface area contributed by atoms with Crippen LogP contribution < -0.4 is 4.74 Å². The van der Waals surface area contributed by atoms with Crippen molar-refractivity contribution in [3.8, 4) is 5.75 Å². The monoisotopic (exact) mass is 418 g/mol. The molecule has 0 fully saturated rings. The molecular weight excluding hydrogens is 400 g/mol. The Hall–Kier alpha value is -2.75. The number of ether oxygens (including phenoxy) is 1. The van der Waals surface area contributed by atoms with Crippen molar-refractivity contribution in [2.24, 2.45) is 0 Å². The summed E-state index contributed by atoms with van der Waals surface area (Å²) in [6.45, 7) is 0.230. The van der Waals surface area contributed by atoms with E-state index in [9.17, 15) is 18.5 Å². The molecule has 0 saturated carbocycles. The Labute approximate surface area is 167 Å². The van der Waals surface area contributed by atoms with Crippen molar-refractivity contribution in [1.82, 2.24) is 4.31 Å². The number of para-hydroxylation sites is 1. The lowest BCUT2D eigenvalue weighted by molar-refractivity contribution is -0.385. The van der Waals surface area contributed by atoms with Crippen molar-refractivity contribution in [3.05, 3.63) is 86.6 Å². The van der Waals surface area contributed by atoms with E-state index in [1.165, 1.54) is 41.0 Å². The Bertz CT molecular complexity index is 1070. The molecule has 7 nitrogen and oxygen atoms in total. The fourth-order valence-corrected chi connectivity index (χ4v) is 4.97. The van der Waals surface area contributed by atoms with Gasteiger partial charge in [-0.25, -0.2) is 8.42 Å². The molecule has 0 bridgehead atoms. The van der Waals surface area contributed by atoms with E-state index in [-0.39, 0.29) is 23.7 Å². The number of hydrogen-bond donors (Lipinski definition) is 0. The standard InChI is InChI=1S/C19H18N2O5S2/c1-26-19-10-3-2-6-15(19)13-20(14-17-8-5-11-27-17)28(24,25)18-9-4-7-16(12-18)21(22)23/h2-12H,13-14H2,1H3. The first-order chi connectivity index (χ1) is 13.4. The van der Waals surface area contributed by atoms with Gasteiger partial charge in [0.05, 0.1) is 16.9 Å². The first-order valence-corrected chi connectivity index (χ1v) is 10.6. The van der Waals surface area contributed by atoms with Gasteiger partial charge in [-0.1, -0.05) is 30.3 Å². The molecule has 0 aliphatic rings. The first kappa shape index (κ1) is 20.0. The van der Waals surface area contributed by atoms with Crippen LogP contribution in [0.5, 0.6) is 5.75 Å². The summed E-state index contributed by atoms with van der Waals surface area (Å²) in [6, 6.07) is 16.0. The van der Waals surface area contributed by atoms with E-state index >= 15 is 0 Å². The molecular formula is C19H18N2O5S2. The fraction of sp³-hybridized carbons (Fsp3) is 0.158. The molecule has 146 valence electrons. The van der Waals surface area contributed by atoms with Gasteiger partial charge >= 0.3 is 0 Å². The van der Waals surface area contributed by atoms with Crippen molar-refractivity contribution >= 4 is 27.0 Å². The third-order valence-corrected chi connectivity index (χ3v) is 6.77. The summed E-state index contributed by atoms with van der Waals surface area (Å²) < 4.78 is 33.3. The SMILES string of the molecule is COc1ccccc1CN(Cc1cccs1)S(=O)(=O)c1cccc([N+](=O)[O-])c1. The molecule has 0 saturated heterocycles. The lowest BCUT2D eigenvalue weighted by Gasteiger charge is -2.22. The summed E-state index contributed by atoms with van der Waals surface area (Å²) >= 11 is 1.45. The van der Waals surface area contributed by atoms with Crippen LogP contribution in [0.15, 0.2) is 70.9 Å². The highest BCUT2D eigenvalue weighted by Crippen LogP contribution is 2.27. The quantitative estimate of drug-likeness (QED) is 0.407. The number of methoxy groups -OCH3 is 1. The van der Waals surface area contributed by atoms with Crippen LogP contribution in [0, 0.1) is 10.1 Å². The number of nitro groups is 1. The maximum atomic E-state index is 13.3. The van der Waals surface area contributed by atoms with E-state index in [4.69, 9.17) is 4.74 Å². The van der Waals surface area contributed by atoms with Crippen LogP contribution in [0.3, 0.4) is 0 Å². The van der Waals surface area contributed by atoms with Crippen LogP contribution in [0.1, 0.15) is 10.4 Å². The average Bonchev–Trinajstić information content (AvgIpc) is 3.21. The minimum absolute atomic E-state index is 0.0763. The Kier molecular flexibility index (Phi) is 6.08. The number of sulfonamides is 1. The summed E-state index contributed by atoms with van der Waals surface area (Å²) in [6.07, 6.45) is 0. The molecule has 9 heteroatoms. The second kappa shape index (κ2) is 8.51. The van der Waals surface area contributed by atoms with Crippen molar-refractivity contribution in [2.45, 2.75) is 18.0 Å². The Morgan fingerprint density at radius 1 is 1.07 bits per heavy atom. The lowest BCUT2D eigenvalue weighted by atomic mass is 10.2. The zero-order chi connectivity index (χ0) is 20.1. The predicted octanol–water partition coefficient (Wildman–Crippen LogP) is 4.06. The normalized spacial score (nSPS) is 11.5. The minimum Gasteiger partial charge on any atom is -0.496 e. The Morgan fingerprint density at radius 3 is 2.54 bits per heavy atom. The fourth-order valence-electron chi connectivity index (χ4n) is 2.73. The maximum absolute atomic E-state index is 13.3. The first-order valence-electron chi connectivity index (χ1n) is 8.30. The van der Waals surface area contributed by atoms with E-state index < -0.39 is 14.9 Å². The number of hydrogen-bond acceptors (Lipinski definition) is 6. The number of non-ortho nitro benzene ring substituents is 1. The van der Waals surface area contributed by atoms with Gasteiger partial charge in [-0.3, -0.25) is 10.1 Å². The molecule has 0 radical (unpaired) electrons. The van der Waals surface area contributed by atoms with Gasteiger partial charge in [0.2, 0.25) is 10.0 Å². The maximum Gasteiger partial charge on any atom is 0.270 e. The van der Waals surface area contributed by atoms with E-state index in [1.807, 2.05) is 17.5 Å². The molecule has 0 N–H and O–H groups in total. The molecule has 0 atom stereocenters. The molecule has 3 aromatic rings. The summed E-state index contributed by atoms with van der Waals surface area (Å²) in [4.78, 5) is 11.2. The molecule has 1 aromatic heterocycles. The number of thiophene rings is 1. The van der Waals surface area contributed by atoms with Crippen LogP contribution in [0.25, 0.3) is 0 Å². The third kappa shape index (κ3) is 4.38. The van der Waals surface area contributed by atoms with Crippen molar-refractivity contribution in [1.29, 1.82) is 0 Å². The summed E-state index contributed by atoms with van der Waals surface area (Å²) in [5, 5.41) is 12.9. The van der Waals surface area contributed by atoms with E-state index in [2.05, 4.69) is 0 Å². The number of nitro benzene ring substituents is 1. The molecule has 0 aliphatic carbocycles. The topological polar surface area (TPSA) is 89.8 Å². The van der Waals surface area contributed by atoms with Gasteiger partial charge in [0.15, 0.2) is 0 Å². The van der Waals surface area contributed by atoms with Gasteiger partial charge < -0.3 is 4.74 Å². The zero-order valence-electron chi connectivity index (χ0n) is 15.0. The van der Waals surface area contributed by atoms with Crippen molar-refractivity contribution in [2.75, 3.05) is 7.11 Å². The highest BCUT2D eigenvalue weighted by molar-refractivity contribution is 7.89. The van der Waals surface area contributed by atoms with Gasteiger partial charge in [-0.15, -0.1) is 11.3 Å². The second-order valence-corrected chi connectivity index (χ2v) is 8.89. The van der Waals surface area contributed by atoms with Crippen LogP contribution in [0.4, 0.5) is 5.69 Å². The number of rotatable bonds is 8. The zero-order valence-corrected chi connectivity index (χ0v) is 16.7. The lowest BCUT2D eigenvalue weighted by Crippen LogP contribution is -2.30. The number of benzene rings is 2. The minimum atomic E-state index is -3.98. The van der Waals surface area contributed by atoms with Crippen LogP contribution >= 0.6 is 11.3 Å². The van der Waals surface area contributed by atoms with Crippen molar-refractivity contribution in [3.63, 3.8) is 0 Å². The van der Waals surface area contributed by atoms with Gasteiger partial charge in [-0.2, -0.15) is 4.31 Å². The predicted molar refractivity (Wildman–Crippen MR) is 107 cm³/mol. The van der Waals surface area contributed by atoms with Crippen LogP contribution in [-0.4, -0.2) is 24.8 Å². The molecule has 0 aliphatic heterocycles. The molecule has 0 unspecified atom stereocenters. The van der Waals surface area contributed by atoms with Gasteiger partial charge in [0.25, 0.3) is 5.69 Å². The van der Waals surface area contributed by atoms with Gasteiger partial charge in [-0.05, 0) is 23.6 Å². The number of nitrogens with zero attached hydrogens (tertiary/aromatic N) is 2. The summed E-state index contributed by atoms with van der Waals surface area (Å²) in [5.74, 6) is 0.577. The Balaban J connectivity index is 2.02. The van der Waals surface area contributed by atoms with Crippen molar-refractivity contribution < 1.29 is 18.1 Å². The largest absolute Gasteiger partial charge is 0.496 e. The highest BCUT2D eigenvalue weighted by Gasteiger charge is 2.27. The van der Waals surface area contributed by atoms with Gasteiger partial charge in [0.1, 0.15) is 5.75 Å². The summed E-state index contributed by atoms with van der Waals surface area (Å²) in [5.41, 5.74) is 0.435. The van der Waals surface area contributed by atoms with E-state index in [0.717, 1.165) is 10.9 Å².